The van der Waals surface area contributed by atoms with E-state index in [2.05, 4.69) is 15.0 Å². The van der Waals surface area contributed by atoms with Gasteiger partial charge in [0, 0.05) is 0 Å². The Morgan fingerprint density at radius 2 is 1.77 bits per heavy atom. The molecule has 22 heavy (non-hydrogen) atoms. The summed E-state index contributed by atoms with van der Waals surface area (Å²) in [5, 5.41) is 7.75. The maximum Gasteiger partial charge on any atom is 0.176 e. The second-order valence-electron chi connectivity index (χ2n) is 5.12. The topological polar surface area (TPSA) is 96.4 Å². The van der Waals surface area contributed by atoms with E-state index in [1.807, 2.05) is 53.1 Å². The Bertz CT molecular complexity index is 961. The summed E-state index contributed by atoms with van der Waals surface area (Å²) < 4.78 is 1.91. The summed E-state index contributed by atoms with van der Waals surface area (Å²) in [7, 11) is 0. The molecule has 0 spiro atoms. The lowest BCUT2D eigenvalue weighted by molar-refractivity contribution is 0.770. The van der Waals surface area contributed by atoms with Crippen LogP contribution in [0.4, 0.5) is 0 Å². The van der Waals surface area contributed by atoms with Gasteiger partial charge in [-0.05, 0) is 24.3 Å². The lowest BCUT2D eigenvalue weighted by Gasteiger charge is -2.05. The van der Waals surface area contributed by atoms with Gasteiger partial charge >= 0.3 is 0 Å². The number of para-hydroxylation sites is 4. The highest BCUT2D eigenvalue weighted by Gasteiger charge is 2.14. The number of amidine groups is 1. The second kappa shape index (κ2) is 4.70. The van der Waals surface area contributed by atoms with E-state index in [1.165, 1.54) is 0 Å². The average Bonchev–Trinajstić information content (AvgIpc) is 3.09. The summed E-state index contributed by atoms with van der Waals surface area (Å²) in [6.07, 6.45) is 0. The summed E-state index contributed by atoms with van der Waals surface area (Å²) in [6, 6.07) is 15.6. The van der Waals surface area contributed by atoms with E-state index in [0.717, 1.165) is 27.9 Å². The fourth-order valence-electron chi connectivity index (χ4n) is 2.67. The molecule has 0 saturated heterocycles. The van der Waals surface area contributed by atoms with Crippen LogP contribution in [0.25, 0.3) is 22.1 Å². The third kappa shape index (κ3) is 1.93. The van der Waals surface area contributed by atoms with Gasteiger partial charge < -0.3 is 15.3 Å². The van der Waals surface area contributed by atoms with Crippen LogP contribution in [0, 0.1) is 5.41 Å². The van der Waals surface area contributed by atoms with Gasteiger partial charge in [-0.15, -0.1) is 0 Å². The molecule has 0 radical (unpaired) electrons. The number of fused-ring (bicyclic) bond motifs is 2. The average molecular weight is 290 g/mol. The van der Waals surface area contributed by atoms with Gasteiger partial charge in [0.05, 0.1) is 28.6 Å². The standard InChI is InChI=1S/C16H14N6/c17-15(18)16-21-12-7-3-4-8-13(12)22(16)9-14-19-10-5-1-2-6-11(10)20-14/h1-8H,9H2,(H3,17,18)(H,19,20). The fourth-order valence-corrected chi connectivity index (χ4v) is 2.67. The van der Waals surface area contributed by atoms with Gasteiger partial charge in [0.25, 0.3) is 0 Å². The number of hydrogen-bond acceptors (Lipinski definition) is 3. The van der Waals surface area contributed by atoms with Gasteiger partial charge in [0.1, 0.15) is 5.82 Å². The molecule has 0 atom stereocenters. The Morgan fingerprint density at radius 1 is 1.05 bits per heavy atom. The third-order valence-corrected chi connectivity index (χ3v) is 3.64. The molecule has 2 aromatic carbocycles. The second-order valence-corrected chi connectivity index (χ2v) is 5.12. The fraction of sp³-hybridized carbons (Fsp3) is 0.0625. The first-order chi connectivity index (χ1) is 10.7. The molecule has 108 valence electrons. The molecular formula is C16H14N6. The number of H-pyrrole nitrogens is 1. The molecule has 6 heteroatoms. The Kier molecular flexibility index (Phi) is 2.69. The summed E-state index contributed by atoms with van der Waals surface area (Å²) in [4.78, 5) is 12.3. The van der Waals surface area contributed by atoms with Crippen molar-refractivity contribution in [2.45, 2.75) is 6.54 Å². The zero-order chi connectivity index (χ0) is 15.1. The number of nitrogens with zero attached hydrogens (tertiary/aromatic N) is 3. The zero-order valence-corrected chi connectivity index (χ0v) is 11.7. The Labute approximate surface area is 126 Å². The van der Waals surface area contributed by atoms with Crippen LogP contribution in [0.15, 0.2) is 48.5 Å². The maximum absolute atomic E-state index is 7.75. The predicted octanol–water partition coefficient (Wildman–Crippen LogP) is 2.24. The van der Waals surface area contributed by atoms with Crippen LogP contribution < -0.4 is 5.73 Å². The maximum atomic E-state index is 7.75. The van der Waals surface area contributed by atoms with E-state index in [-0.39, 0.29) is 5.84 Å². The van der Waals surface area contributed by atoms with Gasteiger partial charge in [-0.25, -0.2) is 9.97 Å². The molecule has 0 saturated carbocycles. The molecule has 6 nitrogen and oxygen atoms in total. The molecule has 4 N–H and O–H groups in total. The van der Waals surface area contributed by atoms with Crippen LogP contribution >= 0.6 is 0 Å². The van der Waals surface area contributed by atoms with Crippen molar-refractivity contribution in [3.8, 4) is 0 Å². The molecular weight excluding hydrogens is 276 g/mol. The van der Waals surface area contributed by atoms with Crippen molar-refractivity contribution in [2.24, 2.45) is 5.73 Å². The molecule has 0 aliphatic rings. The number of imidazole rings is 2. The van der Waals surface area contributed by atoms with Crippen LogP contribution in [-0.2, 0) is 6.54 Å². The molecule has 0 aliphatic carbocycles. The van der Waals surface area contributed by atoms with Crippen LogP contribution in [0.3, 0.4) is 0 Å². The van der Waals surface area contributed by atoms with Crippen molar-refractivity contribution in [2.75, 3.05) is 0 Å². The number of aromatic nitrogens is 4. The van der Waals surface area contributed by atoms with Crippen molar-refractivity contribution in [3.05, 3.63) is 60.2 Å². The highest BCUT2D eigenvalue weighted by molar-refractivity contribution is 5.95. The molecule has 4 aromatic rings. The van der Waals surface area contributed by atoms with Gasteiger partial charge in [-0.2, -0.15) is 0 Å². The van der Waals surface area contributed by atoms with Crippen LogP contribution in [0.2, 0.25) is 0 Å². The van der Waals surface area contributed by atoms with Crippen molar-refractivity contribution in [1.82, 2.24) is 19.5 Å². The number of nitrogen functional groups attached to an aromatic ring is 1. The zero-order valence-electron chi connectivity index (χ0n) is 11.7. The Balaban J connectivity index is 1.86. The van der Waals surface area contributed by atoms with Crippen molar-refractivity contribution >= 4 is 27.9 Å². The van der Waals surface area contributed by atoms with E-state index < -0.39 is 0 Å². The molecule has 0 aliphatic heterocycles. The lowest BCUT2D eigenvalue weighted by atomic mass is 10.3. The number of hydrogen-bond donors (Lipinski definition) is 3. The van der Waals surface area contributed by atoms with Gasteiger partial charge in [0.15, 0.2) is 11.7 Å². The minimum Gasteiger partial charge on any atom is -0.381 e. The normalized spacial score (nSPS) is 11.3. The van der Waals surface area contributed by atoms with Gasteiger partial charge in [0.2, 0.25) is 0 Å². The number of nitrogens with one attached hydrogen (secondary N) is 2. The van der Waals surface area contributed by atoms with Crippen molar-refractivity contribution < 1.29 is 0 Å². The Morgan fingerprint density at radius 3 is 2.55 bits per heavy atom. The van der Waals surface area contributed by atoms with E-state index >= 15 is 0 Å². The first-order valence-electron chi connectivity index (χ1n) is 6.95. The van der Waals surface area contributed by atoms with Crippen LogP contribution in [0.1, 0.15) is 11.6 Å². The van der Waals surface area contributed by atoms with Crippen LogP contribution in [0.5, 0.6) is 0 Å². The summed E-state index contributed by atoms with van der Waals surface area (Å²) in [5.74, 6) is 1.22. The highest BCUT2D eigenvalue weighted by Crippen LogP contribution is 2.18. The highest BCUT2D eigenvalue weighted by atomic mass is 15.1. The monoisotopic (exact) mass is 290 g/mol. The SMILES string of the molecule is N=C(N)c1nc2ccccc2n1Cc1nc2ccccc2[nH]1. The molecule has 2 aromatic heterocycles. The van der Waals surface area contributed by atoms with Gasteiger partial charge in [-0.1, -0.05) is 24.3 Å². The van der Waals surface area contributed by atoms with E-state index in [4.69, 9.17) is 11.1 Å². The first kappa shape index (κ1) is 12.6. The number of benzene rings is 2. The summed E-state index contributed by atoms with van der Waals surface area (Å²) in [5.41, 5.74) is 9.35. The number of rotatable bonds is 3. The quantitative estimate of drug-likeness (QED) is 0.399. The molecule has 0 amide bonds. The van der Waals surface area contributed by atoms with E-state index in [1.54, 1.807) is 0 Å². The summed E-state index contributed by atoms with van der Waals surface area (Å²) in [6.45, 7) is 0.490. The molecule has 4 rings (SSSR count). The number of aromatic amines is 1. The van der Waals surface area contributed by atoms with Crippen molar-refractivity contribution in [3.63, 3.8) is 0 Å². The van der Waals surface area contributed by atoms with Gasteiger partial charge in [-0.3, -0.25) is 5.41 Å². The smallest absolute Gasteiger partial charge is 0.176 e. The largest absolute Gasteiger partial charge is 0.381 e. The Hall–Kier alpha value is -3.15. The molecule has 0 fully saturated rings. The summed E-state index contributed by atoms with van der Waals surface area (Å²) >= 11 is 0. The minimum atomic E-state index is -0.0488. The first-order valence-corrected chi connectivity index (χ1v) is 6.95. The van der Waals surface area contributed by atoms with Crippen molar-refractivity contribution in [1.29, 1.82) is 5.41 Å². The third-order valence-electron chi connectivity index (χ3n) is 3.64. The van der Waals surface area contributed by atoms with E-state index in [0.29, 0.717) is 12.4 Å². The van der Waals surface area contributed by atoms with E-state index in [9.17, 15) is 0 Å². The lowest BCUT2D eigenvalue weighted by Crippen LogP contribution is -2.19. The minimum absolute atomic E-state index is 0.0488. The van der Waals surface area contributed by atoms with Crippen LogP contribution in [-0.4, -0.2) is 25.4 Å². The number of nitrogens with two attached hydrogens (primary N) is 1. The predicted molar refractivity (Wildman–Crippen MR) is 85.9 cm³/mol. The molecule has 2 heterocycles. The molecule has 0 bridgehead atoms. The molecule has 0 unspecified atom stereocenters.